The van der Waals surface area contributed by atoms with Crippen LogP contribution in [0.2, 0.25) is 0 Å². The first kappa shape index (κ1) is 34.7. The number of carbonyl (C=O) groups excluding carboxylic acids is 2. The molecule has 2 amide bonds. The summed E-state index contributed by atoms with van der Waals surface area (Å²) in [6.07, 6.45) is 3.99. The minimum Gasteiger partial charge on any atom is -0.494 e. The maximum absolute atomic E-state index is 12.3. The van der Waals surface area contributed by atoms with E-state index in [9.17, 15) is 19.5 Å². The zero-order valence-electron chi connectivity index (χ0n) is 28.3. The van der Waals surface area contributed by atoms with Crippen LogP contribution in [-0.4, -0.2) is 54.3 Å². The van der Waals surface area contributed by atoms with E-state index in [1.807, 2.05) is 65.6 Å². The fraction of sp³-hybridized carbons (Fsp3) is 0.341. The van der Waals surface area contributed by atoms with Crippen LogP contribution in [0.15, 0.2) is 97.1 Å². The van der Waals surface area contributed by atoms with Crippen molar-refractivity contribution in [1.29, 1.82) is 0 Å². The Morgan fingerprint density at radius 1 is 0.720 bits per heavy atom. The molecule has 0 fully saturated rings. The first-order chi connectivity index (χ1) is 24.5. The lowest BCUT2D eigenvalue weighted by Crippen LogP contribution is -2.29. The predicted octanol–water partition coefficient (Wildman–Crippen LogP) is 7.20. The van der Waals surface area contributed by atoms with Crippen LogP contribution in [0.4, 0.5) is 4.79 Å². The molecule has 4 aromatic rings. The molecule has 2 aliphatic rings. The second kappa shape index (κ2) is 17.0. The number of aliphatic carboxylic acids is 1. The fourth-order valence-corrected chi connectivity index (χ4v) is 6.96. The Balaban J connectivity index is 0.787. The number of rotatable bonds is 17. The van der Waals surface area contributed by atoms with Crippen LogP contribution in [0.1, 0.15) is 78.3 Å². The molecular formula is C41H45N3O6. The van der Waals surface area contributed by atoms with E-state index in [-0.39, 0.29) is 11.8 Å². The average Bonchev–Trinajstić information content (AvgIpc) is 3.70. The third-order valence-electron chi connectivity index (χ3n) is 9.52. The largest absolute Gasteiger partial charge is 0.494 e. The van der Waals surface area contributed by atoms with Crippen molar-refractivity contribution in [2.45, 2.75) is 63.6 Å². The van der Waals surface area contributed by atoms with Gasteiger partial charge in [0.1, 0.15) is 18.4 Å². The number of amides is 2. The van der Waals surface area contributed by atoms with Gasteiger partial charge < -0.3 is 25.2 Å². The summed E-state index contributed by atoms with van der Waals surface area (Å²) >= 11 is 0. The molecule has 0 saturated carbocycles. The lowest BCUT2D eigenvalue weighted by atomic mass is 9.98. The third kappa shape index (κ3) is 8.71. The van der Waals surface area contributed by atoms with Gasteiger partial charge in [-0.2, -0.15) is 0 Å². The summed E-state index contributed by atoms with van der Waals surface area (Å²) in [6, 6.07) is 31.2. The standard InChI is InChI=1S/C41H45N3O6/c45-38(18-2-1-9-24-43-41(48)50-28-37-35-16-7-5-14-33(35)34-15-6-8-17-36(34)37)42-23-10-11-25-49-32-21-19-29(20-22-32)39(40(46)47)44-26-30-12-3-4-13-31(30)27-44/h3-8,12-17,19-22,37,39H,1-2,9-11,18,23-28H2,(H,42,45)(H,43,48)(H,46,47)/t39-/m0/s1. The van der Waals surface area contributed by atoms with Crippen LogP contribution in [0.5, 0.6) is 5.75 Å². The number of carboxylic acids is 1. The van der Waals surface area contributed by atoms with Gasteiger partial charge in [-0.15, -0.1) is 0 Å². The third-order valence-corrected chi connectivity index (χ3v) is 9.52. The molecule has 0 aromatic heterocycles. The molecule has 260 valence electrons. The quantitative estimate of drug-likeness (QED) is 0.101. The fourth-order valence-electron chi connectivity index (χ4n) is 6.96. The predicted molar refractivity (Wildman–Crippen MR) is 192 cm³/mol. The first-order valence-corrected chi connectivity index (χ1v) is 17.6. The zero-order chi connectivity index (χ0) is 34.7. The van der Waals surface area contributed by atoms with Crippen LogP contribution >= 0.6 is 0 Å². The van der Waals surface area contributed by atoms with E-state index in [1.54, 1.807) is 0 Å². The number of benzene rings is 4. The van der Waals surface area contributed by atoms with E-state index < -0.39 is 18.1 Å². The van der Waals surface area contributed by atoms with Crippen LogP contribution < -0.4 is 15.4 Å². The van der Waals surface area contributed by atoms with E-state index in [1.165, 1.54) is 33.4 Å². The lowest BCUT2D eigenvalue weighted by molar-refractivity contribution is -0.143. The minimum atomic E-state index is -0.864. The van der Waals surface area contributed by atoms with E-state index in [4.69, 9.17) is 9.47 Å². The monoisotopic (exact) mass is 675 g/mol. The molecule has 9 heteroatoms. The highest BCUT2D eigenvalue weighted by molar-refractivity contribution is 5.79. The molecule has 6 rings (SSSR count). The van der Waals surface area contributed by atoms with Crippen molar-refractivity contribution in [2.75, 3.05) is 26.3 Å². The van der Waals surface area contributed by atoms with Crippen molar-refractivity contribution in [3.05, 3.63) is 125 Å². The second-order valence-electron chi connectivity index (χ2n) is 13.0. The zero-order valence-corrected chi connectivity index (χ0v) is 28.3. The Kier molecular flexibility index (Phi) is 11.8. The molecule has 3 N–H and O–H groups in total. The summed E-state index contributed by atoms with van der Waals surface area (Å²) in [5, 5.41) is 15.8. The number of hydrogen-bond donors (Lipinski definition) is 3. The molecule has 9 nitrogen and oxygen atoms in total. The van der Waals surface area contributed by atoms with Crippen molar-refractivity contribution in [2.24, 2.45) is 0 Å². The summed E-state index contributed by atoms with van der Waals surface area (Å²) in [7, 11) is 0. The number of nitrogens with zero attached hydrogens (tertiary/aromatic N) is 1. The minimum absolute atomic E-state index is 0.0279. The molecule has 0 saturated heterocycles. The van der Waals surface area contributed by atoms with Crippen LogP contribution in [0, 0.1) is 0 Å². The van der Waals surface area contributed by atoms with Crippen LogP contribution in [-0.2, 0) is 27.4 Å². The molecule has 0 spiro atoms. The van der Waals surface area contributed by atoms with Gasteiger partial charge in [-0.25, -0.2) is 4.79 Å². The van der Waals surface area contributed by atoms with Crippen LogP contribution in [0.25, 0.3) is 11.1 Å². The number of unbranched alkanes of at least 4 members (excludes halogenated alkanes) is 3. The maximum atomic E-state index is 12.3. The maximum Gasteiger partial charge on any atom is 0.407 e. The van der Waals surface area contributed by atoms with Gasteiger partial charge in [0.2, 0.25) is 5.91 Å². The lowest BCUT2D eigenvalue weighted by Gasteiger charge is -2.24. The highest BCUT2D eigenvalue weighted by atomic mass is 16.5. The van der Waals surface area contributed by atoms with Crippen molar-refractivity contribution < 1.29 is 29.0 Å². The Morgan fingerprint density at radius 3 is 1.98 bits per heavy atom. The van der Waals surface area contributed by atoms with Crippen LogP contribution in [0.3, 0.4) is 0 Å². The normalized spacial score (nSPS) is 13.9. The number of carboxylic acid groups (broad SMARTS) is 1. The summed E-state index contributed by atoms with van der Waals surface area (Å²) in [5.41, 5.74) is 7.85. The topological polar surface area (TPSA) is 117 Å². The summed E-state index contributed by atoms with van der Waals surface area (Å²) in [5.74, 6) is -0.104. The molecule has 0 radical (unpaired) electrons. The van der Waals surface area contributed by atoms with Crippen molar-refractivity contribution in [1.82, 2.24) is 15.5 Å². The molecule has 1 aliphatic heterocycles. The second-order valence-corrected chi connectivity index (χ2v) is 13.0. The van der Waals surface area contributed by atoms with E-state index in [0.717, 1.165) is 37.7 Å². The Bertz CT molecular complexity index is 1700. The van der Waals surface area contributed by atoms with Crippen molar-refractivity contribution >= 4 is 18.0 Å². The first-order valence-electron chi connectivity index (χ1n) is 17.6. The Morgan fingerprint density at radius 2 is 1.32 bits per heavy atom. The van der Waals surface area contributed by atoms with Gasteiger partial charge >= 0.3 is 12.1 Å². The molecule has 1 aliphatic carbocycles. The number of ether oxygens (including phenoxy) is 2. The highest BCUT2D eigenvalue weighted by Crippen LogP contribution is 2.44. The molecule has 1 heterocycles. The molecule has 0 unspecified atom stereocenters. The Hall–Kier alpha value is -5.15. The average molecular weight is 676 g/mol. The van der Waals surface area contributed by atoms with Gasteiger partial charge in [0.15, 0.2) is 0 Å². The van der Waals surface area contributed by atoms with E-state index in [0.29, 0.717) is 51.6 Å². The number of alkyl carbamates (subject to hydrolysis) is 1. The van der Waals surface area contributed by atoms with Gasteiger partial charge in [-0.3, -0.25) is 14.5 Å². The molecule has 1 atom stereocenters. The number of carbonyl (C=O) groups is 3. The summed E-state index contributed by atoms with van der Waals surface area (Å²) in [6.45, 7) is 3.13. The SMILES string of the molecule is O=C(CCCCCNC(=O)OCC1c2ccccc2-c2ccccc21)NCCCCOc1ccc([C@@H](C(=O)O)N2Cc3ccccc3C2)cc1. The Labute approximate surface area is 293 Å². The number of fused-ring (bicyclic) bond motifs is 4. The van der Waals surface area contributed by atoms with Crippen molar-refractivity contribution in [3.63, 3.8) is 0 Å². The van der Waals surface area contributed by atoms with E-state index >= 15 is 0 Å². The van der Waals surface area contributed by atoms with Gasteiger partial charge in [0, 0.05) is 38.5 Å². The molecule has 50 heavy (non-hydrogen) atoms. The number of nitrogens with one attached hydrogen (secondary N) is 2. The molecule has 4 aromatic carbocycles. The smallest absolute Gasteiger partial charge is 0.407 e. The summed E-state index contributed by atoms with van der Waals surface area (Å²) in [4.78, 5) is 38.7. The van der Waals surface area contributed by atoms with Gasteiger partial charge in [0.05, 0.1) is 6.61 Å². The van der Waals surface area contributed by atoms with E-state index in [2.05, 4.69) is 47.0 Å². The highest BCUT2D eigenvalue weighted by Gasteiger charge is 2.32. The van der Waals surface area contributed by atoms with Gasteiger partial charge in [-0.1, -0.05) is 91.3 Å². The van der Waals surface area contributed by atoms with Gasteiger partial charge in [-0.05, 0) is 76.8 Å². The molecular weight excluding hydrogens is 630 g/mol. The molecule has 0 bridgehead atoms. The summed E-state index contributed by atoms with van der Waals surface area (Å²) < 4.78 is 11.4. The number of hydrogen-bond acceptors (Lipinski definition) is 6. The van der Waals surface area contributed by atoms with Gasteiger partial charge in [0.25, 0.3) is 0 Å². The van der Waals surface area contributed by atoms with Crippen molar-refractivity contribution in [3.8, 4) is 16.9 Å².